The molecule has 0 aromatic heterocycles. The fraction of sp³-hybridized carbons (Fsp3) is 0.619. The molecule has 0 bridgehead atoms. The maximum absolute atomic E-state index is 11.9. The number of hydrogen-bond donors (Lipinski definition) is 4. The van der Waals surface area contributed by atoms with Gasteiger partial charge >= 0.3 is 0 Å². The average Bonchev–Trinajstić information content (AvgIpc) is 2.61. The van der Waals surface area contributed by atoms with Crippen LogP contribution >= 0.6 is 24.0 Å². The molecule has 4 N–H and O–H groups in total. The van der Waals surface area contributed by atoms with Crippen molar-refractivity contribution in [2.24, 2.45) is 10.4 Å². The van der Waals surface area contributed by atoms with Gasteiger partial charge in [0.05, 0.1) is 18.8 Å². The van der Waals surface area contributed by atoms with E-state index in [1.54, 1.807) is 0 Å². The highest BCUT2D eigenvalue weighted by atomic mass is 127. The van der Waals surface area contributed by atoms with Crippen molar-refractivity contribution >= 4 is 35.8 Å². The fourth-order valence-corrected chi connectivity index (χ4v) is 2.31. The van der Waals surface area contributed by atoms with E-state index in [1.807, 2.05) is 65.8 Å². The lowest BCUT2D eigenvalue weighted by Gasteiger charge is -2.18. The number of carbonyl (C=O) groups is 1. The van der Waals surface area contributed by atoms with Crippen LogP contribution < -0.4 is 20.7 Å². The monoisotopic (exact) mass is 520 g/mol. The van der Waals surface area contributed by atoms with Gasteiger partial charge in [-0.1, -0.05) is 32.9 Å². The SMILES string of the molecule is CCNC(=NCC(O)c1cccc(OC(C)C)c1)NCCNC(=O)C(C)(C)C.I. The lowest BCUT2D eigenvalue weighted by molar-refractivity contribution is -0.128. The number of ether oxygens (including phenoxy) is 1. The molecule has 1 unspecified atom stereocenters. The third-order valence-corrected chi connectivity index (χ3v) is 3.77. The van der Waals surface area contributed by atoms with Gasteiger partial charge in [-0.15, -0.1) is 24.0 Å². The second kappa shape index (κ2) is 13.6. The lowest BCUT2D eigenvalue weighted by Crippen LogP contribution is -2.43. The molecule has 0 aliphatic rings. The van der Waals surface area contributed by atoms with Crippen LogP contribution in [0.25, 0.3) is 0 Å². The Bertz CT molecular complexity index is 645. The van der Waals surface area contributed by atoms with Gasteiger partial charge in [0, 0.05) is 25.0 Å². The van der Waals surface area contributed by atoms with Gasteiger partial charge in [-0.25, -0.2) is 0 Å². The summed E-state index contributed by atoms with van der Waals surface area (Å²) in [5.74, 6) is 1.34. The molecule has 166 valence electrons. The zero-order valence-electron chi connectivity index (χ0n) is 18.4. The quantitative estimate of drug-likeness (QED) is 0.174. The number of aliphatic imine (C=N–C) groups is 1. The van der Waals surface area contributed by atoms with E-state index < -0.39 is 11.5 Å². The van der Waals surface area contributed by atoms with Gasteiger partial charge in [-0.2, -0.15) is 0 Å². The summed E-state index contributed by atoms with van der Waals surface area (Å²) in [6, 6.07) is 7.43. The van der Waals surface area contributed by atoms with E-state index in [0.717, 1.165) is 11.3 Å². The zero-order valence-corrected chi connectivity index (χ0v) is 20.7. The van der Waals surface area contributed by atoms with E-state index in [2.05, 4.69) is 20.9 Å². The third-order valence-electron chi connectivity index (χ3n) is 3.77. The molecule has 1 atom stereocenters. The molecule has 0 radical (unpaired) electrons. The van der Waals surface area contributed by atoms with Gasteiger partial charge in [0.25, 0.3) is 0 Å². The summed E-state index contributed by atoms with van der Waals surface area (Å²) in [5.41, 5.74) is 0.353. The minimum absolute atomic E-state index is 0. The number of rotatable bonds is 9. The van der Waals surface area contributed by atoms with Crippen LogP contribution in [0.4, 0.5) is 0 Å². The second-order valence-corrected chi connectivity index (χ2v) is 7.91. The van der Waals surface area contributed by atoms with Crippen LogP contribution in [0, 0.1) is 5.41 Å². The Morgan fingerprint density at radius 1 is 1.17 bits per heavy atom. The first-order chi connectivity index (χ1) is 13.1. The molecular formula is C21H37IN4O3. The van der Waals surface area contributed by atoms with Gasteiger partial charge in [-0.3, -0.25) is 9.79 Å². The standard InChI is InChI=1S/C21H36N4O3.HI/c1-7-22-20(24-12-11-23-19(27)21(4,5)6)25-14-18(26)16-9-8-10-17(13-16)28-15(2)3;/h8-10,13,15,18,26H,7,11-12,14H2,1-6H3,(H,23,27)(H2,22,24,25);1H. The number of guanidine groups is 1. The van der Waals surface area contributed by atoms with Crippen molar-refractivity contribution in [3.8, 4) is 5.75 Å². The molecule has 1 aromatic carbocycles. The number of nitrogens with zero attached hydrogens (tertiary/aromatic N) is 1. The highest BCUT2D eigenvalue weighted by molar-refractivity contribution is 14.0. The van der Waals surface area contributed by atoms with Crippen molar-refractivity contribution in [2.75, 3.05) is 26.2 Å². The van der Waals surface area contributed by atoms with E-state index in [0.29, 0.717) is 25.6 Å². The van der Waals surface area contributed by atoms with E-state index in [1.165, 1.54) is 0 Å². The van der Waals surface area contributed by atoms with Crippen LogP contribution in [0.3, 0.4) is 0 Å². The molecular weight excluding hydrogens is 483 g/mol. The fourth-order valence-electron chi connectivity index (χ4n) is 2.31. The maximum Gasteiger partial charge on any atom is 0.225 e. The molecule has 0 spiro atoms. The predicted octanol–water partition coefficient (Wildman–Crippen LogP) is 2.84. The number of aliphatic hydroxyl groups excluding tert-OH is 1. The molecule has 1 rings (SSSR count). The number of carbonyl (C=O) groups excluding carboxylic acids is 1. The first kappa shape index (κ1) is 27.5. The van der Waals surface area contributed by atoms with Crippen LogP contribution in [0.5, 0.6) is 5.75 Å². The third kappa shape index (κ3) is 11.3. The molecule has 1 aromatic rings. The van der Waals surface area contributed by atoms with Crippen LogP contribution in [-0.2, 0) is 4.79 Å². The lowest BCUT2D eigenvalue weighted by atomic mass is 9.96. The van der Waals surface area contributed by atoms with Crippen LogP contribution in [0.2, 0.25) is 0 Å². The Morgan fingerprint density at radius 3 is 2.41 bits per heavy atom. The molecule has 0 aliphatic carbocycles. The molecule has 1 amide bonds. The molecule has 7 nitrogen and oxygen atoms in total. The molecule has 0 heterocycles. The van der Waals surface area contributed by atoms with Crippen molar-refractivity contribution in [2.45, 2.75) is 53.8 Å². The minimum atomic E-state index is -0.730. The molecule has 8 heteroatoms. The molecule has 0 saturated heterocycles. The second-order valence-electron chi connectivity index (χ2n) is 7.91. The average molecular weight is 520 g/mol. The number of hydrogen-bond acceptors (Lipinski definition) is 4. The van der Waals surface area contributed by atoms with Crippen molar-refractivity contribution in [1.82, 2.24) is 16.0 Å². The van der Waals surface area contributed by atoms with E-state index >= 15 is 0 Å². The first-order valence-corrected chi connectivity index (χ1v) is 9.88. The van der Waals surface area contributed by atoms with Crippen molar-refractivity contribution < 1.29 is 14.6 Å². The van der Waals surface area contributed by atoms with Gasteiger partial charge in [-0.05, 0) is 38.5 Å². The maximum atomic E-state index is 11.9. The topological polar surface area (TPSA) is 95.0 Å². The molecule has 0 aliphatic heterocycles. The molecule has 0 fully saturated rings. The van der Waals surface area contributed by atoms with Gasteiger partial charge in [0.1, 0.15) is 5.75 Å². The Hall–Kier alpha value is -1.55. The van der Waals surface area contributed by atoms with Crippen LogP contribution in [0.1, 0.15) is 53.2 Å². The van der Waals surface area contributed by atoms with E-state index in [-0.39, 0.29) is 42.5 Å². The summed E-state index contributed by atoms with van der Waals surface area (Å²) < 4.78 is 5.67. The first-order valence-electron chi connectivity index (χ1n) is 9.88. The van der Waals surface area contributed by atoms with Gasteiger partial charge in [0.2, 0.25) is 5.91 Å². The van der Waals surface area contributed by atoms with E-state index in [4.69, 9.17) is 4.74 Å². The number of amides is 1. The summed E-state index contributed by atoms with van der Waals surface area (Å²) in [5, 5.41) is 19.6. The Morgan fingerprint density at radius 2 is 1.83 bits per heavy atom. The normalized spacial score (nSPS) is 12.8. The van der Waals surface area contributed by atoms with Gasteiger partial charge in [0.15, 0.2) is 5.96 Å². The molecule has 0 saturated carbocycles. The van der Waals surface area contributed by atoms with Crippen molar-refractivity contribution in [3.63, 3.8) is 0 Å². The summed E-state index contributed by atoms with van der Waals surface area (Å²) in [6.07, 6.45) is -0.652. The summed E-state index contributed by atoms with van der Waals surface area (Å²) in [7, 11) is 0. The number of halogens is 1. The van der Waals surface area contributed by atoms with Crippen molar-refractivity contribution in [3.05, 3.63) is 29.8 Å². The summed E-state index contributed by atoms with van der Waals surface area (Å²) >= 11 is 0. The van der Waals surface area contributed by atoms with Crippen LogP contribution in [-0.4, -0.2) is 49.3 Å². The number of nitrogens with one attached hydrogen (secondary N) is 3. The van der Waals surface area contributed by atoms with E-state index in [9.17, 15) is 9.90 Å². The van der Waals surface area contributed by atoms with Crippen molar-refractivity contribution in [1.29, 1.82) is 0 Å². The Labute approximate surface area is 192 Å². The smallest absolute Gasteiger partial charge is 0.225 e. The highest BCUT2D eigenvalue weighted by Gasteiger charge is 2.20. The number of aliphatic hydroxyl groups is 1. The summed E-state index contributed by atoms with van der Waals surface area (Å²) in [4.78, 5) is 16.3. The Kier molecular flexibility index (Phi) is 12.9. The number of benzene rings is 1. The predicted molar refractivity (Wildman–Crippen MR) is 129 cm³/mol. The highest BCUT2D eigenvalue weighted by Crippen LogP contribution is 2.20. The Balaban J connectivity index is 0.00000784. The molecule has 29 heavy (non-hydrogen) atoms. The largest absolute Gasteiger partial charge is 0.491 e. The minimum Gasteiger partial charge on any atom is -0.491 e. The zero-order chi connectivity index (χ0) is 21.2. The van der Waals surface area contributed by atoms with Gasteiger partial charge < -0.3 is 25.8 Å². The van der Waals surface area contributed by atoms with Crippen LogP contribution in [0.15, 0.2) is 29.3 Å². The summed E-state index contributed by atoms with van der Waals surface area (Å²) in [6.45, 7) is 13.5.